The second-order valence-corrected chi connectivity index (χ2v) is 18.3. The number of carbonyl (C=O) groups is 1. The van der Waals surface area contributed by atoms with Crippen LogP contribution in [0.2, 0.25) is 0 Å². The molecule has 10 heteroatoms. The van der Waals surface area contributed by atoms with Crippen LogP contribution in [0.15, 0.2) is 103 Å². The van der Waals surface area contributed by atoms with Crippen molar-refractivity contribution in [2.75, 3.05) is 0 Å². The Balaban J connectivity index is 0.000000484. The summed E-state index contributed by atoms with van der Waals surface area (Å²) in [5, 5.41) is 12.0. The van der Waals surface area contributed by atoms with E-state index in [9.17, 15) is 36.2 Å². The number of ketones is 1. The van der Waals surface area contributed by atoms with E-state index in [0.717, 1.165) is 59.3 Å². The Morgan fingerprint density at radius 2 is 1.18 bits per heavy atom. The van der Waals surface area contributed by atoms with Crippen molar-refractivity contribution in [2.45, 2.75) is 126 Å². The van der Waals surface area contributed by atoms with Crippen molar-refractivity contribution in [3.63, 3.8) is 0 Å². The summed E-state index contributed by atoms with van der Waals surface area (Å²) in [5.74, 6) is 0.286. The van der Waals surface area contributed by atoms with Crippen molar-refractivity contribution in [2.24, 2.45) is 16.2 Å². The average Bonchev–Trinajstić information content (AvgIpc) is 3.21. The molecule has 1 heterocycles. The summed E-state index contributed by atoms with van der Waals surface area (Å²) >= 11 is 0. The molecule has 337 valence electrons. The zero-order chi connectivity index (χ0) is 45.8. The summed E-state index contributed by atoms with van der Waals surface area (Å²) in [6.07, 6.45) is -3.48. The number of hydrogen-bond donors (Lipinski definition) is 1. The minimum atomic E-state index is -4.62. The second-order valence-electron chi connectivity index (χ2n) is 18.3. The third-order valence-corrected chi connectivity index (χ3v) is 12.6. The number of benzene rings is 4. The van der Waals surface area contributed by atoms with Gasteiger partial charge in [0.25, 0.3) is 0 Å². The zero-order valence-electron chi connectivity index (χ0n) is 37.7. The number of pyridine rings is 1. The molecule has 0 saturated heterocycles. The molecule has 0 aliphatic rings. The number of allylic oxidation sites excluding steroid dienone is 2. The number of halogens is 6. The van der Waals surface area contributed by atoms with E-state index in [-0.39, 0.29) is 59.9 Å². The molecule has 0 atom stereocenters. The fourth-order valence-electron chi connectivity index (χ4n) is 7.01. The molecule has 0 saturated carbocycles. The quantitative estimate of drug-likeness (QED) is 0.0586. The van der Waals surface area contributed by atoms with E-state index in [1.165, 1.54) is 26.0 Å². The van der Waals surface area contributed by atoms with Gasteiger partial charge in [-0.2, -0.15) is 26.3 Å². The molecule has 0 bridgehead atoms. The van der Waals surface area contributed by atoms with E-state index in [1.807, 2.05) is 71.9 Å². The summed E-state index contributed by atoms with van der Waals surface area (Å²) in [6.45, 7) is 20.7. The second kappa shape index (κ2) is 20.1. The van der Waals surface area contributed by atoms with E-state index >= 15 is 0 Å². The van der Waals surface area contributed by atoms with Crippen molar-refractivity contribution in [1.82, 2.24) is 4.98 Å². The van der Waals surface area contributed by atoms with Crippen LogP contribution in [-0.4, -0.2) is 22.1 Å². The maximum atomic E-state index is 14.2. The first-order valence-electron chi connectivity index (χ1n) is 21.0. The number of aliphatic hydroxyl groups excluding tert-OH is 1. The summed E-state index contributed by atoms with van der Waals surface area (Å²) in [7, 11) is 0. The molecule has 0 unspecified atom stereocenters. The van der Waals surface area contributed by atoms with Crippen LogP contribution >= 0.6 is 0 Å². The Morgan fingerprint density at radius 3 is 1.66 bits per heavy atom. The van der Waals surface area contributed by atoms with E-state index in [0.29, 0.717) is 22.4 Å². The number of hydrogen-bond acceptors (Lipinski definition) is 3. The Kier molecular flexibility index (Phi) is 16.8. The van der Waals surface area contributed by atoms with Crippen molar-refractivity contribution in [3.8, 4) is 33.5 Å². The minimum Gasteiger partial charge on any atom is -0.512 e. The van der Waals surface area contributed by atoms with Gasteiger partial charge in [0, 0.05) is 48.9 Å². The van der Waals surface area contributed by atoms with E-state index in [1.54, 1.807) is 48.5 Å². The number of aromatic nitrogens is 1. The predicted octanol–water partition coefficient (Wildman–Crippen LogP) is 16.1. The maximum absolute atomic E-state index is 14.2. The van der Waals surface area contributed by atoms with E-state index < -0.39 is 23.3 Å². The van der Waals surface area contributed by atoms with Gasteiger partial charge in [-0.15, -0.1) is 29.1 Å². The molecule has 0 spiro atoms. The third-order valence-electron chi connectivity index (χ3n) is 12.6. The Morgan fingerprint density at radius 1 is 0.677 bits per heavy atom. The average molecular weight is 1040 g/mol. The Hall–Kier alpha value is -4.27. The molecule has 3 nitrogen and oxygen atoms in total. The number of aliphatic hydroxyl groups is 1. The predicted molar refractivity (Wildman–Crippen MR) is 237 cm³/mol. The van der Waals surface area contributed by atoms with E-state index in [2.05, 4.69) is 31.8 Å². The van der Waals surface area contributed by atoms with Crippen molar-refractivity contribution in [1.29, 1.82) is 0 Å². The smallest absolute Gasteiger partial charge is 0.418 e. The molecule has 5 aromatic rings. The Bertz CT molecular complexity index is 2310. The maximum Gasteiger partial charge on any atom is 0.418 e. The number of nitrogens with zero attached hydrogens (tertiary/aromatic N) is 1. The summed E-state index contributed by atoms with van der Waals surface area (Å²) in [6, 6.07) is 28.0. The summed E-state index contributed by atoms with van der Waals surface area (Å²) in [4.78, 5) is 16.4. The molecule has 1 radical (unpaired) electrons. The molecular formula is C52H60F6IrNO2-. The first-order valence-corrected chi connectivity index (χ1v) is 21.0. The molecule has 1 N–H and O–H groups in total. The van der Waals surface area contributed by atoms with Crippen LogP contribution in [0.5, 0.6) is 0 Å². The van der Waals surface area contributed by atoms with Crippen molar-refractivity contribution in [3.05, 3.63) is 126 Å². The number of carbonyl (C=O) groups excluding carboxylic acids is 1. The molecule has 0 aliphatic carbocycles. The van der Waals surface area contributed by atoms with Crippen LogP contribution in [0.25, 0.3) is 44.3 Å². The normalized spacial score (nSPS) is 13.0. The van der Waals surface area contributed by atoms with Gasteiger partial charge in [-0.3, -0.25) is 9.78 Å². The minimum absolute atomic E-state index is 0. The number of fused-ring (bicyclic) bond motifs is 1. The van der Waals surface area contributed by atoms with Crippen molar-refractivity contribution >= 4 is 16.6 Å². The fraction of sp³-hybridized carbons (Fsp3) is 0.423. The molecule has 62 heavy (non-hydrogen) atoms. The molecule has 5 rings (SSSR count). The van der Waals surface area contributed by atoms with Gasteiger partial charge in [0.15, 0.2) is 5.78 Å². The van der Waals surface area contributed by atoms with Crippen LogP contribution in [0.1, 0.15) is 119 Å². The Labute approximate surface area is 377 Å². The van der Waals surface area contributed by atoms with Crippen LogP contribution < -0.4 is 0 Å². The third kappa shape index (κ3) is 12.0. The van der Waals surface area contributed by atoms with Crippen LogP contribution in [0.4, 0.5) is 26.3 Å². The van der Waals surface area contributed by atoms with E-state index in [4.69, 9.17) is 0 Å². The first-order chi connectivity index (χ1) is 28.2. The number of rotatable bonds is 12. The van der Waals surface area contributed by atoms with Gasteiger partial charge in [0.1, 0.15) is 5.76 Å². The molecule has 4 aromatic carbocycles. The van der Waals surface area contributed by atoms with Crippen LogP contribution in [0, 0.1) is 22.3 Å². The summed E-state index contributed by atoms with van der Waals surface area (Å²) < 4.78 is 82.4. The van der Waals surface area contributed by atoms with Gasteiger partial charge < -0.3 is 5.11 Å². The molecule has 0 fully saturated rings. The monoisotopic (exact) mass is 1040 g/mol. The van der Waals surface area contributed by atoms with Gasteiger partial charge in [-0.25, -0.2) is 0 Å². The SMILES string of the molecule is CC(C)(C)c1cc(-c2cc(-c3ccc(-c4ccc(CC(C)(C)C(F)(F)F)cc4)cc3)c(C(F)(F)F)cn2)[c-]c2ccccc12.CCC(C)(CC)C(=O)/C=C(\O)C(C)(CC)CC.[Ir]. The van der Waals surface area contributed by atoms with Gasteiger partial charge in [-0.05, 0) is 65.3 Å². The fourth-order valence-corrected chi connectivity index (χ4v) is 7.01. The zero-order valence-corrected chi connectivity index (χ0v) is 40.1. The van der Waals surface area contributed by atoms with Crippen LogP contribution in [0.3, 0.4) is 0 Å². The van der Waals surface area contributed by atoms with Gasteiger partial charge in [0.2, 0.25) is 0 Å². The van der Waals surface area contributed by atoms with Gasteiger partial charge in [-0.1, -0.05) is 160 Å². The van der Waals surface area contributed by atoms with Gasteiger partial charge >= 0.3 is 12.4 Å². The number of alkyl halides is 6. The first kappa shape index (κ1) is 52.1. The molecule has 1 aromatic heterocycles. The molecular weight excluding hydrogens is 977 g/mol. The summed E-state index contributed by atoms with van der Waals surface area (Å²) in [5.41, 5.74) is 0.886. The van der Waals surface area contributed by atoms with Crippen molar-refractivity contribution < 1.29 is 56.3 Å². The topological polar surface area (TPSA) is 50.2 Å². The van der Waals surface area contributed by atoms with Crippen LogP contribution in [-0.2, 0) is 42.9 Å². The standard InChI is InChI=1S/C37H32F6N.C15H28O2.Ir/c1-34(2,3)31-19-28(18-27-8-6-7-9-29(27)31)33-20-30(32(22-44-33)36(38,39)40)26-16-14-25(15-17-26)24-12-10-23(11-13-24)21-35(4,5)37(41,42)43;1-7-14(5,8-2)12(16)11-13(17)15(6,9-3)10-4;/h6-17,19-20,22H,21H2,1-5H3;11,16H,7-10H2,1-6H3;/q-1;;/b;12-11-;. The van der Waals surface area contributed by atoms with Gasteiger partial charge in [0.05, 0.1) is 11.0 Å². The largest absolute Gasteiger partial charge is 0.512 e. The molecule has 0 aliphatic heterocycles. The molecule has 0 amide bonds.